The van der Waals surface area contributed by atoms with Crippen LogP contribution in [0.15, 0.2) is 47.7 Å². The Morgan fingerprint density at radius 3 is 2.66 bits per heavy atom. The number of carbonyl (C=O) groups is 1. The number of amides is 1. The van der Waals surface area contributed by atoms with Gasteiger partial charge in [0.1, 0.15) is 6.67 Å². The monoisotopic (exact) mass is 457 g/mol. The lowest BCUT2D eigenvalue weighted by Gasteiger charge is -2.03. The Hall–Kier alpha value is -3.21. The number of halogens is 1. The standard InChI is InChI=1S/C18H20BrN9O/c1-3-28-13(2)14(6-22-28)9-26-11-16(8-21-26)23-18(29)17-4-5-25(24-17)12-27-10-15(19)7-20-27/h4-8,10-11H,3,9,12H2,1-2H3,(H,23,29). The lowest BCUT2D eigenvalue weighted by Crippen LogP contribution is -2.14. The zero-order valence-electron chi connectivity index (χ0n) is 16.0. The summed E-state index contributed by atoms with van der Waals surface area (Å²) < 4.78 is 7.96. The molecule has 0 aliphatic carbocycles. The minimum atomic E-state index is -0.292. The van der Waals surface area contributed by atoms with Crippen LogP contribution in [0.25, 0.3) is 0 Å². The van der Waals surface area contributed by atoms with Gasteiger partial charge < -0.3 is 5.32 Å². The van der Waals surface area contributed by atoms with E-state index in [4.69, 9.17) is 0 Å². The third-order valence-corrected chi connectivity index (χ3v) is 4.90. The zero-order valence-corrected chi connectivity index (χ0v) is 17.6. The number of hydrogen-bond donors (Lipinski definition) is 1. The van der Waals surface area contributed by atoms with Crippen molar-refractivity contribution in [2.45, 2.75) is 33.6 Å². The van der Waals surface area contributed by atoms with Gasteiger partial charge in [-0.2, -0.15) is 20.4 Å². The number of anilines is 1. The molecule has 11 heteroatoms. The molecule has 0 saturated heterocycles. The summed E-state index contributed by atoms with van der Waals surface area (Å²) in [6.07, 6.45) is 10.5. The molecule has 0 spiro atoms. The second-order valence-electron chi connectivity index (χ2n) is 6.53. The molecule has 4 heterocycles. The molecule has 1 N–H and O–H groups in total. The Bertz CT molecular complexity index is 1140. The number of hydrogen-bond acceptors (Lipinski definition) is 5. The number of aromatic nitrogens is 8. The van der Waals surface area contributed by atoms with Gasteiger partial charge in [0.25, 0.3) is 5.91 Å². The Morgan fingerprint density at radius 2 is 1.93 bits per heavy atom. The van der Waals surface area contributed by atoms with E-state index in [1.165, 1.54) is 0 Å². The van der Waals surface area contributed by atoms with Crippen LogP contribution in [-0.2, 0) is 19.8 Å². The van der Waals surface area contributed by atoms with Gasteiger partial charge in [0.2, 0.25) is 0 Å². The summed E-state index contributed by atoms with van der Waals surface area (Å²) in [7, 11) is 0. The molecule has 0 fully saturated rings. The van der Waals surface area contributed by atoms with Gasteiger partial charge >= 0.3 is 0 Å². The molecule has 150 valence electrons. The fourth-order valence-corrected chi connectivity index (χ4v) is 3.30. The molecule has 0 aliphatic heterocycles. The molecule has 0 aliphatic rings. The predicted molar refractivity (Wildman–Crippen MR) is 109 cm³/mol. The van der Waals surface area contributed by atoms with E-state index in [0.29, 0.717) is 24.6 Å². The molecule has 0 saturated carbocycles. The van der Waals surface area contributed by atoms with Gasteiger partial charge in [0.05, 0.1) is 35.3 Å². The summed E-state index contributed by atoms with van der Waals surface area (Å²) in [5.41, 5.74) is 3.14. The Balaban J connectivity index is 1.38. The summed E-state index contributed by atoms with van der Waals surface area (Å²) >= 11 is 3.35. The van der Waals surface area contributed by atoms with Gasteiger partial charge in [-0.25, -0.2) is 4.68 Å². The molecule has 1 amide bonds. The van der Waals surface area contributed by atoms with Crippen molar-refractivity contribution >= 4 is 27.5 Å². The molecular formula is C18H20BrN9O. The van der Waals surface area contributed by atoms with Crippen molar-refractivity contribution in [3.63, 3.8) is 0 Å². The topological polar surface area (TPSA) is 100 Å². The summed E-state index contributed by atoms with van der Waals surface area (Å²) in [4.78, 5) is 12.5. The van der Waals surface area contributed by atoms with Crippen LogP contribution in [0.2, 0.25) is 0 Å². The second-order valence-corrected chi connectivity index (χ2v) is 7.45. The van der Waals surface area contributed by atoms with E-state index in [-0.39, 0.29) is 5.91 Å². The van der Waals surface area contributed by atoms with Crippen LogP contribution in [0.3, 0.4) is 0 Å². The van der Waals surface area contributed by atoms with E-state index in [2.05, 4.69) is 48.6 Å². The van der Waals surface area contributed by atoms with Crippen LogP contribution in [0.1, 0.15) is 28.7 Å². The van der Waals surface area contributed by atoms with Gasteiger partial charge in [-0.15, -0.1) is 0 Å². The molecular weight excluding hydrogens is 438 g/mol. The summed E-state index contributed by atoms with van der Waals surface area (Å²) in [6, 6.07) is 1.67. The van der Waals surface area contributed by atoms with E-state index in [9.17, 15) is 4.79 Å². The smallest absolute Gasteiger partial charge is 0.276 e. The van der Waals surface area contributed by atoms with Crippen molar-refractivity contribution in [2.75, 3.05) is 5.32 Å². The number of nitrogens with zero attached hydrogens (tertiary/aromatic N) is 8. The molecule has 0 atom stereocenters. The first-order valence-electron chi connectivity index (χ1n) is 9.08. The van der Waals surface area contributed by atoms with E-state index in [1.807, 2.05) is 24.0 Å². The quantitative estimate of drug-likeness (QED) is 0.459. The van der Waals surface area contributed by atoms with Crippen LogP contribution in [0.5, 0.6) is 0 Å². The van der Waals surface area contributed by atoms with Crippen LogP contribution in [-0.4, -0.2) is 45.0 Å². The number of rotatable bonds is 7. The average molecular weight is 458 g/mol. The van der Waals surface area contributed by atoms with Gasteiger partial charge in [-0.1, -0.05) is 0 Å². The normalized spacial score (nSPS) is 11.1. The van der Waals surface area contributed by atoms with Crippen LogP contribution in [0.4, 0.5) is 5.69 Å². The molecule has 0 aromatic carbocycles. The zero-order chi connectivity index (χ0) is 20.4. The van der Waals surface area contributed by atoms with E-state index >= 15 is 0 Å². The van der Waals surface area contributed by atoms with Crippen molar-refractivity contribution in [1.82, 2.24) is 39.1 Å². The van der Waals surface area contributed by atoms with E-state index in [1.54, 1.807) is 44.9 Å². The first-order chi connectivity index (χ1) is 14.0. The Kier molecular flexibility index (Phi) is 5.30. The number of aryl methyl sites for hydroxylation is 1. The highest BCUT2D eigenvalue weighted by Gasteiger charge is 2.12. The Labute approximate surface area is 175 Å². The summed E-state index contributed by atoms with van der Waals surface area (Å²) in [6.45, 7) is 5.94. The molecule has 0 unspecified atom stereocenters. The molecule has 29 heavy (non-hydrogen) atoms. The number of nitrogens with one attached hydrogen (secondary N) is 1. The summed E-state index contributed by atoms with van der Waals surface area (Å²) in [5, 5.41) is 20.0. The van der Waals surface area contributed by atoms with Gasteiger partial charge in [-0.05, 0) is 35.8 Å². The minimum absolute atomic E-state index is 0.292. The van der Waals surface area contributed by atoms with E-state index < -0.39 is 0 Å². The van der Waals surface area contributed by atoms with Crippen molar-refractivity contribution < 1.29 is 4.79 Å². The highest BCUT2D eigenvalue weighted by Crippen LogP contribution is 2.12. The van der Waals surface area contributed by atoms with Crippen LogP contribution in [0, 0.1) is 6.92 Å². The third kappa shape index (κ3) is 4.29. The van der Waals surface area contributed by atoms with Crippen LogP contribution >= 0.6 is 15.9 Å². The van der Waals surface area contributed by atoms with Crippen molar-refractivity contribution in [3.8, 4) is 0 Å². The second kappa shape index (κ2) is 8.03. The largest absolute Gasteiger partial charge is 0.318 e. The average Bonchev–Trinajstić information content (AvgIpc) is 3.47. The third-order valence-electron chi connectivity index (χ3n) is 4.49. The fraction of sp³-hybridized carbons (Fsp3) is 0.278. The molecule has 4 aromatic heterocycles. The fourth-order valence-electron chi connectivity index (χ4n) is 2.97. The molecule has 0 bridgehead atoms. The number of carbonyl (C=O) groups excluding carboxylic acids is 1. The van der Waals surface area contributed by atoms with E-state index in [0.717, 1.165) is 22.3 Å². The SMILES string of the molecule is CCn1ncc(Cn2cc(NC(=O)c3ccn(Cn4cc(Br)cn4)n3)cn2)c1C. The van der Waals surface area contributed by atoms with Crippen molar-refractivity contribution in [2.24, 2.45) is 0 Å². The first-order valence-corrected chi connectivity index (χ1v) is 9.87. The van der Waals surface area contributed by atoms with Gasteiger partial charge in [-0.3, -0.25) is 18.8 Å². The molecule has 0 radical (unpaired) electrons. The lowest BCUT2D eigenvalue weighted by molar-refractivity contribution is 0.102. The van der Waals surface area contributed by atoms with Crippen LogP contribution < -0.4 is 5.32 Å². The highest BCUT2D eigenvalue weighted by molar-refractivity contribution is 9.10. The predicted octanol–water partition coefficient (Wildman–Crippen LogP) is 2.37. The maximum Gasteiger partial charge on any atom is 0.276 e. The molecule has 4 aromatic rings. The lowest BCUT2D eigenvalue weighted by atomic mass is 10.2. The molecule has 10 nitrogen and oxygen atoms in total. The van der Waals surface area contributed by atoms with Gasteiger partial charge in [0.15, 0.2) is 5.69 Å². The van der Waals surface area contributed by atoms with Crippen molar-refractivity contribution in [1.29, 1.82) is 0 Å². The first kappa shape index (κ1) is 19.1. The summed E-state index contributed by atoms with van der Waals surface area (Å²) in [5.74, 6) is -0.292. The highest BCUT2D eigenvalue weighted by atomic mass is 79.9. The Morgan fingerprint density at radius 1 is 1.10 bits per heavy atom. The van der Waals surface area contributed by atoms with Crippen molar-refractivity contribution in [3.05, 3.63) is 64.7 Å². The maximum atomic E-state index is 12.5. The maximum absolute atomic E-state index is 12.5. The minimum Gasteiger partial charge on any atom is -0.318 e. The molecule has 4 rings (SSSR count). The van der Waals surface area contributed by atoms with Gasteiger partial charge in [0, 0.05) is 36.4 Å².